The van der Waals surface area contributed by atoms with Gasteiger partial charge in [-0.25, -0.2) is 0 Å². The molecule has 0 saturated carbocycles. The van der Waals surface area contributed by atoms with Gasteiger partial charge in [0.25, 0.3) is 0 Å². The molecule has 1 N–H and O–H groups in total. The van der Waals surface area contributed by atoms with Crippen molar-refractivity contribution >= 4 is 8.24 Å². The summed E-state index contributed by atoms with van der Waals surface area (Å²) in [5.74, 6) is 0. The van der Waals surface area contributed by atoms with Crippen molar-refractivity contribution in [3.05, 3.63) is 0 Å². The monoisotopic (exact) mass is 214 g/mol. The molecular formula is C11H26N2Si. The van der Waals surface area contributed by atoms with Crippen molar-refractivity contribution in [1.82, 2.24) is 9.88 Å². The Hall–Kier alpha value is 0.137. The zero-order valence-corrected chi connectivity index (χ0v) is 11.5. The normalized spacial score (nSPS) is 20.4. The predicted octanol–water partition coefficient (Wildman–Crippen LogP) is 2.63. The fourth-order valence-corrected chi connectivity index (χ4v) is 5.24. The quantitative estimate of drug-likeness (QED) is 0.724. The van der Waals surface area contributed by atoms with Crippen LogP contribution in [-0.2, 0) is 0 Å². The zero-order valence-electron chi connectivity index (χ0n) is 10.5. The summed E-state index contributed by atoms with van der Waals surface area (Å²) in [6.45, 7) is 15.8. The Bertz CT molecular complexity index is 184. The van der Waals surface area contributed by atoms with Gasteiger partial charge in [-0.15, -0.1) is 0 Å². The minimum absolute atomic E-state index is 0.535. The summed E-state index contributed by atoms with van der Waals surface area (Å²) in [5, 5.41) is 3.99. The lowest BCUT2D eigenvalue weighted by atomic mass is 10.1. The van der Waals surface area contributed by atoms with Gasteiger partial charge in [0, 0.05) is 19.8 Å². The average molecular weight is 214 g/mol. The van der Waals surface area contributed by atoms with Crippen LogP contribution in [0.3, 0.4) is 0 Å². The molecule has 14 heavy (non-hydrogen) atoms. The third kappa shape index (κ3) is 2.20. The third-order valence-corrected chi connectivity index (χ3v) is 9.71. The van der Waals surface area contributed by atoms with E-state index in [1.807, 2.05) is 0 Å². The van der Waals surface area contributed by atoms with Crippen molar-refractivity contribution in [2.75, 3.05) is 19.8 Å². The molecule has 0 unspecified atom stereocenters. The molecule has 1 heterocycles. The summed E-state index contributed by atoms with van der Waals surface area (Å²) in [5.41, 5.74) is 0. The first-order chi connectivity index (χ1) is 6.42. The molecule has 0 spiro atoms. The second kappa shape index (κ2) is 4.33. The molecule has 1 saturated heterocycles. The molecule has 0 amide bonds. The molecule has 0 radical (unpaired) electrons. The Balaban J connectivity index is 2.70. The molecule has 0 aromatic heterocycles. The standard InChI is InChI=1S/C11H26N2Si/c1-6-7-11(2,3)14(4,5)13-9-8-12-10-13/h12H,6-10H2,1-5H3. The van der Waals surface area contributed by atoms with E-state index in [0.29, 0.717) is 5.04 Å². The van der Waals surface area contributed by atoms with E-state index in [1.54, 1.807) is 0 Å². The fourth-order valence-electron chi connectivity index (χ4n) is 2.34. The van der Waals surface area contributed by atoms with Gasteiger partial charge in [0.05, 0.1) is 0 Å². The van der Waals surface area contributed by atoms with Gasteiger partial charge < -0.3 is 9.88 Å². The average Bonchev–Trinajstić information content (AvgIpc) is 2.55. The minimum Gasteiger partial charge on any atom is -0.310 e. The number of nitrogens with zero attached hydrogens (tertiary/aromatic N) is 1. The molecule has 1 aliphatic heterocycles. The topological polar surface area (TPSA) is 15.3 Å². The van der Waals surface area contributed by atoms with Crippen molar-refractivity contribution in [3.63, 3.8) is 0 Å². The highest BCUT2D eigenvalue weighted by molar-refractivity contribution is 6.77. The van der Waals surface area contributed by atoms with Gasteiger partial charge in [-0.2, -0.15) is 0 Å². The van der Waals surface area contributed by atoms with Crippen LogP contribution in [0, 0.1) is 0 Å². The van der Waals surface area contributed by atoms with E-state index in [-0.39, 0.29) is 0 Å². The summed E-state index contributed by atoms with van der Waals surface area (Å²) in [7, 11) is -1.25. The maximum absolute atomic E-state index is 3.45. The van der Waals surface area contributed by atoms with E-state index in [0.717, 1.165) is 6.67 Å². The summed E-state index contributed by atoms with van der Waals surface area (Å²) < 4.78 is 2.71. The van der Waals surface area contributed by atoms with Gasteiger partial charge in [0.2, 0.25) is 0 Å². The van der Waals surface area contributed by atoms with Gasteiger partial charge in [-0.3, -0.25) is 0 Å². The van der Waals surface area contributed by atoms with Gasteiger partial charge >= 0.3 is 0 Å². The lowest BCUT2D eigenvalue weighted by molar-refractivity contribution is 0.446. The largest absolute Gasteiger partial charge is 0.310 e. The Kier molecular flexibility index (Phi) is 3.78. The first-order valence-corrected chi connectivity index (χ1v) is 8.82. The Labute approximate surface area is 90.2 Å². The van der Waals surface area contributed by atoms with E-state index >= 15 is 0 Å². The number of rotatable bonds is 4. The van der Waals surface area contributed by atoms with Crippen LogP contribution in [0.2, 0.25) is 18.1 Å². The third-order valence-electron chi connectivity index (χ3n) is 4.18. The Morgan fingerprint density at radius 2 is 2.00 bits per heavy atom. The molecule has 0 aromatic carbocycles. The smallest absolute Gasteiger partial charge is 0.129 e. The predicted molar refractivity (Wildman–Crippen MR) is 66.0 cm³/mol. The van der Waals surface area contributed by atoms with Crippen molar-refractivity contribution in [2.24, 2.45) is 0 Å². The highest BCUT2D eigenvalue weighted by Crippen LogP contribution is 2.43. The van der Waals surface area contributed by atoms with Gasteiger partial charge in [0.1, 0.15) is 8.24 Å². The minimum atomic E-state index is -1.25. The zero-order chi connectivity index (χ0) is 10.8. The lowest BCUT2D eigenvalue weighted by Crippen LogP contribution is -2.55. The second-order valence-electron chi connectivity index (χ2n) is 5.61. The molecular weight excluding hydrogens is 188 g/mol. The van der Waals surface area contributed by atoms with Crippen molar-refractivity contribution in [2.45, 2.75) is 51.7 Å². The lowest BCUT2D eigenvalue weighted by Gasteiger charge is -2.45. The van der Waals surface area contributed by atoms with Crippen LogP contribution in [0.1, 0.15) is 33.6 Å². The Morgan fingerprint density at radius 3 is 2.43 bits per heavy atom. The van der Waals surface area contributed by atoms with Crippen LogP contribution >= 0.6 is 0 Å². The SMILES string of the molecule is CCCC(C)(C)[Si](C)(C)N1CCNC1. The van der Waals surface area contributed by atoms with Crippen molar-refractivity contribution < 1.29 is 0 Å². The van der Waals surface area contributed by atoms with Crippen LogP contribution in [0.15, 0.2) is 0 Å². The summed E-state index contributed by atoms with van der Waals surface area (Å²) in [4.78, 5) is 0. The summed E-state index contributed by atoms with van der Waals surface area (Å²) in [6, 6.07) is 0. The van der Waals surface area contributed by atoms with E-state index in [2.05, 4.69) is 43.7 Å². The maximum atomic E-state index is 3.45. The molecule has 3 heteroatoms. The number of hydrogen-bond acceptors (Lipinski definition) is 2. The molecule has 0 aliphatic carbocycles. The van der Waals surface area contributed by atoms with E-state index in [4.69, 9.17) is 0 Å². The van der Waals surface area contributed by atoms with Gasteiger partial charge in [-0.05, 0) is 11.5 Å². The van der Waals surface area contributed by atoms with E-state index in [1.165, 1.54) is 25.9 Å². The van der Waals surface area contributed by atoms with Crippen LogP contribution in [0.25, 0.3) is 0 Å². The van der Waals surface area contributed by atoms with E-state index in [9.17, 15) is 0 Å². The van der Waals surface area contributed by atoms with Crippen LogP contribution < -0.4 is 5.32 Å². The molecule has 0 atom stereocenters. The molecule has 1 fully saturated rings. The molecule has 0 bridgehead atoms. The van der Waals surface area contributed by atoms with Crippen LogP contribution in [-0.4, -0.2) is 32.6 Å². The highest BCUT2D eigenvalue weighted by Gasteiger charge is 2.43. The first-order valence-electron chi connectivity index (χ1n) is 5.87. The summed E-state index contributed by atoms with van der Waals surface area (Å²) in [6.07, 6.45) is 2.67. The van der Waals surface area contributed by atoms with Gasteiger partial charge in [-0.1, -0.05) is 40.3 Å². The number of hydrogen-bond donors (Lipinski definition) is 1. The van der Waals surface area contributed by atoms with E-state index < -0.39 is 8.24 Å². The highest BCUT2D eigenvalue weighted by atomic mass is 28.3. The Morgan fingerprint density at radius 1 is 1.36 bits per heavy atom. The molecule has 2 nitrogen and oxygen atoms in total. The van der Waals surface area contributed by atoms with Crippen molar-refractivity contribution in [1.29, 1.82) is 0 Å². The fraction of sp³-hybridized carbons (Fsp3) is 1.00. The number of nitrogens with one attached hydrogen (secondary N) is 1. The van der Waals surface area contributed by atoms with Crippen LogP contribution in [0.4, 0.5) is 0 Å². The summed E-state index contributed by atoms with van der Waals surface area (Å²) >= 11 is 0. The van der Waals surface area contributed by atoms with Crippen LogP contribution in [0.5, 0.6) is 0 Å². The molecule has 84 valence electrons. The first kappa shape index (κ1) is 12.2. The molecule has 1 aliphatic rings. The van der Waals surface area contributed by atoms with Crippen molar-refractivity contribution in [3.8, 4) is 0 Å². The molecule has 1 rings (SSSR count). The maximum Gasteiger partial charge on any atom is 0.129 e. The second-order valence-corrected chi connectivity index (χ2v) is 10.7. The van der Waals surface area contributed by atoms with Gasteiger partial charge in [0.15, 0.2) is 0 Å². The molecule has 0 aromatic rings.